The van der Waals surface area contributed by atoms with Gasteiger partial charge < -0.3 is 20.1 Å². The lowest BCUT2D eigenvalue weighted by Gasteiger charge is -2.35. The van der Waals surface area contributed by atoms with Crippen LogP contribution in [0.4, 0.5) is 0 Å². The maximum absolute atomic E-state index is 13.2. The van der Waals surface area contributed by atoms with Gasteiger partial charge in [0.1, 0.15) is 0 Å². The molecule has 4 atom stereocenters. The van der Waals surface area contributed by atoms with E-state index in [-0.39, 0.29) is 5.56 Å². The minimum atomic E-state index is -1.62. The zero-order valence-electron chi connectivity index (χ0n) is 19.1. The Kier molecular flexibility index (Phi) is 7.80. The Morgan fingerprint density at radius 3 is 2.54 bits per heavy atom. The van der Waals surface area contributed by atoms with Crippen molar-refractivity contribution in [3.05, 3.63) is 94.7 Å². The van der Waals surface area contributed by atoms with Crippen molar-refractivity contribution in [3.8, 4) is 11.1 Å². The molecule has 3 aromatic rings. The van der Waals surface area contributed by atoms with Gasteiger partial charge in [0, 0.05) is 17.2 Å². The molecule has 1 saturated carbocycles. The molecule has 7 heteroatoms. The highest BCUT2D eigenvalue weighted by Crippen LogP contribution is 2.43. The molecule has 1 aliphatic rings. The number of esters is 1. The van der Waals surface area contributed by atoms with Crippen LogP contribution >= 0.6 is 11.3 Å². The van der Waals surface area contributed by atoms with Gasteiger partial charge in [-0.25, -0.2) is 4.79 Å². The van der Waals surface area contributed by atoms with Gasteiger partial charge >= 0.3 is 11.9 Å². The van der Waals surface area contributed by atoms with E-state index in [2.05, 4.69) is 0 Å². The Morgan fingerprint density at radius 2 is 1.83 bits per heavy atom. The molecule has 6 nitrogen and oxygen atoms in total. The molecule has 0 radical (unpaired) electrons. The summed E-state index contributed by atoms with van der Waals surface area (Å²) in [5.41, 5.74) is 0.414. The fourth-order valence-corrected chi connectivity index (χ4v) is 5.41. The third kappa shape index (κ3) is 5.88. The Morgan fingerprint density at radius 1 is 1.06 bits per heavy atom. The second kappa shape index (κ2) is 11.0. The van der Waals surface area contributed by atoms with Crippen LogP contribution in [0.3, 0.4) is 0 Å². The topological polar surface area (TPSA) is 104 Å². The summed E-state index contributed by atoms with van der Waals surface area (Å²) in [7, 11) is 0. The highest BCUT2D eigenvalue weighted by Gasteiger charge is 2.53. The predicted octanol–water partition coefficient (Wildman–Crippen LogP) is 4.72. The highest BCUT2D eigenvalue weighted by atomic mass is 32.1. The third-order valence-corrected chi connectivity index (χ3v) is 7.31. The number of rotatable bonds is 9. The first kappa shape index (κ1) is 24.9. The Hall–Kier alpha value is -3.26. The van der Waals surface area contributed by atoms with Crippen molar-refractivity contribution in [1.29, 1.82) is 0 Å². The van der Waals surface area contributed by atoms with Gasteiger partial charge in [-0.15, -0.1) is 11.3 Å². The molecule has 0 amide bonds. The van der Waals surface area contributed by atoms with Crippen LogP contribution < -0.4 is 0 Å². The highest BCUT2D eigenvalue weighted by molar-refractivity contribution is 7.09. The molecule has 4 unspecified atom stereocenters. The molecular formula is C28H28O6S. The molecule has 1 heterocycles. The summed E-state index contributed by atoms with van der Waals surface area (Å²) in [6.07, 6.45) is 2.01. The molecule has 35 heavy (non-hydrogen) atoms. The molecule has 0 bridgehead atoms. The Balaban J connectivity index is 1.57. The van der Waals surface area contributed by atoms with E-state index in [1.54, 1.807) is 41.7 Å². The van der Waals surface area contributed by atoms with Crippen LogP contribution in [0.25, 0.3) is 11.1 Å². The molecule has 1 fully saturated rings. The standard InChI is InChI=1S/C28H28O6S/c29-23(17-24-10-5-15-35-24)13-11-22-12-14-25(30)28(22,18-26(31)32)34-27(33)21-9-4-8-20(16-21)19-6-2-1-3-7-19/h1-11,13,15-16,22-23,25,29-30H,12,14,17-18H2,(H,31,32). The number of benzene rings is 2. The smallest absolute Gasteiger partial charge is 0.338 e. The second-order valence-electron chi connectivity index (χ2n) is 8.80. The van der Waals surface area contributed by atoms with Crippen LogP contribution in [0.2, 0.25) is 0 Å². The fraction of sp³-hybridized carbons (Fsp3) is 0.286. The summed E-state index contributed by atoms with van der Waals surface area (Å²) in [6.45, 7) is 0. The third-order valence-electron chi connectivity index (χ3n) is 6.41. The van der Waals surface area contributed by atoms with E-state index in [4.69, 9.17) is 4.74 Å². The molecule has 0 saturated heterocycles. The van der Waals surface area contributed by atoms with E-state index in [1.165, 1.54) is 0 Å². The quantitative estimate of drug-likeness (QED) is 0.295. The van der Waals surface area contributed by atoms with E-state index < -0.39 is 42.1 Å². The van der Waals surface area contributed by atoms with Crippen LogP contribution in [0.1, 0.15) is 34.5 Å². The number of aliphatic carboxylic acids is 1. The van der Waals surface area contributed by atoms with Gasteiger partial charge in [-0.1, -0.05) is 60.7 Å². The molecule has 0 spiro atoms. The summed E-state index contributed by atoms with van der Waals surface area (Å²) < 4.78 is 5.85. The Labute approximate surface area is 208 Å². The van der Waals surface area contributed by atoms with Crippen molar-refractivity contribution in [1.82, 2.24) is 0 Å². The number of aliphatic hydroxyl groups is 2. The fourth-order valence-electron chi connectivity index (χ4n) is 4.65. The summed E-state index contributed by atoms with van der Waals surface area (Å²) in [5, 5.41) is 32.8. The first-order valence-electron chi connectivity index (χ1n) is 11.5. The summed E-state index contributed by atoms with van der Waals surface area (Å²) in [6, 6.07) is 20.3. The lowest BCUT2D eigenvalue weighted by molar-refractivity contribution is -0.150. The van der Waals surface area contributed by atoms with E-state index >= 15 is 0 Å². The number of aliphatic hydroxyl groups excluding tert-OH is 2. The van der Waals surface area contributed by atoms with Gasteiger partial charge in [0.25, 0.3) is 0 Å². The van der Waals surface area contributed by atoms with Crippen molar-refractivity contribution in [2.45, 2.75) is 43.5 Å². The van der Waals surface area contributed by atoms with E-state index in [1.807, 2.05) is 53.9 Å². The summed E-state index contributed by atoms with van der Waals surface area (Å²) >= 11 is 1.54. The van der Waals surface area contributed by atoms with Crippen LogP contribution in [-0.2, 0) is 16.0 Å². The first-order valence-corrected chi connectivity index (χ1v) is 12.4. The lowest BCUT2D eigenvalue weighted by Crippen LogP contribution is -2.48. The number of ether oxygens (including phenoxy) is 1. The number of carbonyl (C=O) groups excluding carboxylic acids is 1. The van der Waals surface area contributed by atoms with Crippen LogP contribution in [0.15, 0.2) is 84.3 Å². The van der Waals surface area contributed by atoms with Crippen LogP contribution in [-0.4, -0.2) is 45.1 Å². The van der Waals surface area contributed by atoms with Crippen molar-refractivity contribution in [2.75, 3.05) is 0 Å². The largest absolute Gasteiger partial charge is 0.481 e. The van der Waals surface area contributed by atoms with Gasteiger partial charge in [0.05, 0.1) is 24.2 Å². The monoisotopic (exact) mass is 492 g/mol. The SMILES string of the molecule is O=C(O)CC1(OC(=O)c2cccc(-c3ccccc3)c2)C(O)CCC1C=CC(O)Cc1cccs1. The van der Waals surface area contributed by atoms with E-state index in [0.717, 1.165) is 16.0 Å². The summed E-state index contributed by atoms with van der Waals surface area (Å²) in [5.74, 6) is -2.41. The Bertz CT molecular complexity index is 1170. The molecular weight excluding hydrogens is 464 g/mol. The zero-order valence-corrected chi connectivity index (χ0v) is 19.9. The van der Waals surface area contributed by atoms with Crippen molar-refractivity contribution in [3.63, 3.8) is 0 Å². The van der Waals surface area contributed by atoms with E-state index in [9.17, 15) is 24.9 Å². The lowest BCUT2D eigenvalue weighted by atomic mass is 9.85. The number of carboxylic acid groups (broad SMARTS) is 1. The maximum Gasteiger partial charge on any atom is 0.338 e. The summed E-state index contributed by atoms with van der Waals surface area (Å²) in [4.78, 5) is 26.0. The van der Waals surface area contributed by atoms with Crippen molar-refractivity contribution in [2.24, 2.45) is 5.92 Å². The molecule has 4 rings (SSSR count). The average Bonchev–Trinajstić information content (AvgIpc) is 3.46. The zero-order chi connectivity index (χ0) is 24.8. The number of hydrogen-bond donors (Lipinski definition) is 3. The molecule has 182 valence electrons. The van der Waals surface area contributed by atoms with Crippen molar-refractivity contribution < 1.29 is 29.6 Å². The molecule has 2 aromatic carbocycles. The number of carboxylic acids is 1. The molecule has 0 aliphatic heterocycles. The van der Waals surface area contributed by atoms with Gasteiger partial charge in [-0.05, 0) is 47.5 Å². The molecule has 1 aliphatic carbocycles. The van der Waals surface area contributed by atoms with Gasteiger partial charge in [0.15, 0.2) is 5.60 Å². The average molecular weight is 493 g/mol. The second-order valence-corrected chi connectivity index (χ2v) is 9.83. The minimum Gasteiger partial charge on any atom is -0.481 e. The van der Waals surface area contributed by atoms with Crippen LogP contribution in [0, 0.1) is 5.92 Å². The van der Waals surface area contributed by atoms with Gasteiger partial charge in [0.2, 0.25) is 0 Å². The van der Waals surface area contributed by atoms with Crippen molar-refractivity contribution >= 4 is 23.3 Å². The minimum absolute atomic E-state index is 0.274. The number of thiophene rings is 1. The van der Waals surface area contributed by atoms with Gasteiger partial charge in [-0.3, -0.25) is 4.79 Å². The first-order chi connectivity index (χ1) is 16.9. The predicted molar refractivity (Wildman–Crippen MR) is 134 cm³/mol. The molecule has 1 aromatic heterocycles. The normalized spacial score (nSPS) is 22.8. The molecule has 3 N–H and O–H groups in total. The van der Waals surface area contributed by atoms with Gasteiger partial charge in [-0.2, -0.15) is 0 Å². The maximum atomic E-state index is 13.2. The number of carbonyl (C=O) groups is 2. The number of hydrogen-bond acceptors (Lipinski definition) is 6. The van der Waals surface area contributed by atoms with Crippen LogP contribution in [0.5, 0.6) is 0 Å². The van der Waals surface area contributed by atoms with E-state index in [0.29, 0.717) is 19.3 Å².